The minimum atomic E-state index is -0.504. The molecule has 2 radical (unpaired) electrons. The molecular weight excluding hydrogens is 185 g/mol. The number of aryl methyl sites for hydroxylation is 1. The lowest BCUT2D eigenvalue weighted by atomic mass is 9.92. The van der Waals surface area contributed by atoms with Crippen molar-refractivity contribution in [3.8, 4) is 0 Å². The Labute approximate surface area is 90.4 Å². The first-order valence-corrected chi connectivity index (χ1v) is 4.93. The zero-order valence-electron chi connectivity index (χ0n) is 8.86. The fourth-order valence-electron chi connectivity index (χ4n) is 1.75. The molecule has 1 aromatic carbocycles. The van der Waals surface area contributed by atoms with Gasteiger partial charge in [0.25, 0.3) is 0 Å². The van der Waals surface area contributed by atoms with Gasteiger partial charge in [-0.15, -0.1) is 0 Å². The predicted octanol–water partition coefficient (Wildman–Crippen LogP) is 1.39. The predicted molar refractivity (Wildman–Crippen MR) is 62.5 cm³/mol. The third kappa shape index (κ3) is 1.88. The van der Waals surface area contributed by atoms with Crippen molar-refractivity contribution in [3.63, 3.8) is 0 Å². The van der Waals surface area contributed by atoms with Crippen LogP contribution >= 0.6 is 0 Å². The van der Waals surface area contributed by atoms with E-state index in [1.807, 2.05) is 31.2 Å². The van der Waals surface area contributed by atoms with Crippen LogP contribution in [0.4, 0.5) is 0 Å². The van der Waals surface area contributed by atoms with Crippen LogP contribution in [0.25, 0.3) is 10.9 Å². The zero-order chi connectivity index (χ0) is 11.0. The van der Waals surface area contributed by atoms with Gasteiger partial charge in [0.1, 0.15) is 7.85 Å². The second-order valence-corrected chi connectivity index (χ2v) is 3.81. The molecule has 0 spiro atoms. The molecule has 0 bridgehead atoms. The molecule has 0 fully saturated rings. The van der Waals surface area contributed by atoms with E-state index >= 15 is 0 Å². The van der Waals surface area contributed by atoms with Crippen molar-refractivity contribution in [1.82, 2.24) is 4.98 Å². The number of rotatable bonds is 1. The third-order valence-corrected chi connectivity index (χ3v) is 2.44. The van der Waals surface area contributed by atoms with Gasteiger partial charge in [-0.25, -0.2) is 0 Å². The quantitative estimate of drug-likeness (QED) is 0.700. The summed E-state index contributed by atoms with van der Waals surface area (Å²) in [6.07, 6.45) is -0.504. The summed E-state index contributed by atoms with van der Waals surface area (Å²) in [4.78, 5) is 4.39. The number of aromatic nitrogens is 1. The van der Waals surface area contributed by atoms with Gasteiger partial charge < -0.3 is 5.11 Å². The van der Waals surface area contributed by atoms with Gasteiger partial charge >= 0.3 is 0 Å². The van der Waals surface area contributed by atoms with E-state index in [1.165, 1.54) is 0 Å². The fraction of sp³-hybridized carbons (Fsp3) is 0.250. The molecule has 1 atom stereocenters. The Morgan fingerprint density at radius 2 is 2.07 bits per heavy atom. The topological polar surface area (TPSA) is 33.1 Å². The molecule has 0 amide bonds. The van der Waals surface area contributed by atoms with E-state index < -0.39 is 6.10 Å². The second kappa shape index (κ2) is 3.67. The Kier molecular flexibility index (Phi) is 2.49. The van der Waals surface area contributed by atoms with Crippen molar-refractivity contribution in [2.45, 2.75) is 20.0 Å². The molecule has 0 aliphatic heterocycles. The minimum absolute atomic E-state index is 0.504. The highest BCUT2D eigenvalue weighted by molar-refractivity contribution is 6.33. The van der Waals surface area contributed by atoms with Crippen LogP contribution in [-0.4, -0.2) is 17.9 Å². The average Bonchev–Trinajstić information content (AvgIpc) is 2.17. The molecule has 2 rings (SSSR count). The normalized spacial score (nSPS) is 13.0. The molecule has 0 aliphatic carbocycles. The summed E-state index contributed by atoms with van der Waals surface area (Å²) in [6, 6.07) is 7.44. The van der Waals surface area contributed by atoms with E-state index in [4.69, 9.17) is 7.85 Å². The third-order valence-electron chi connectivity index (χ3n) is 2.44. The van der Waals surface area contributed by atoms with E-state index in [0.717, 1.165) is 22.2 Å². The molecular formula is C12H12BNO. The van der Waals surface area contributed by atoms with Crippen LogP contribution in [0, 0.1) is 6.92 Å². The van der Waals surface area contributed by atoms with E-state index in [-0.39, 0.29) is 0 Å². The van der Waals surface area contributed by atoms with Crippen LogP contribution in [0.1, 0.15) is 24.3 Å². The summed E-state index contributed by atoms with van der Waals surface area (Å²) in [5.41, 5.74) is 3.35. The van der Waals surface area contributed by atoms with Gasteiger partial charge in [0.2, 0.25) is 0 Å². The van der Waals surface area contributed by atoms with Crippen molar-refractivity contribution in [2.75, 3.05) is 0 Å². The summed E-state index contributed by atoms with van der Waals surface area (Å²) in [7, 11) is 5.72. The Morgan fingerprint density at radius 3 is 2.73 bits per heavy atom. The number of aliphatic hydroxyl groups is 1. The van der Waals surface area contributed by atoms with Crippen LogP contribution in [0.15, 0.2) is 24.3 Å². The number of nitrogens with zero attached hydrogens (tertiary/aromatic N) is 1. The first-order chi connectivity index (χ1) is 7.08. The van der Waals surface area contributed by atoms with Crippen LogP contribution < -0.4 is 5.46 Å². The molecule has 2 nitrogen and oxygen atoms in total. The zero-order valence-corrected chi connectivity index (χ0v) is 8.86. The summed E-state index contributed by atoms with van der Waals surface area (Å²) < 4.78 is 0. The Hall–Kier alpha value is -1.35. The highest BCUT2D eigenvalue weighted by Gasteiger charge is 2.08. The van der Waals surface area contributed by atoms with E-state index in [9.17, 15) is 5.11 Å². The molecule has 3 heteroatoms. The average molecular weight is 197 g/mol. The lowest BCUT2D eigenvalue weighted by Gasteiger charge is -2.10. The first kappa shape index (κ1) is 10.2. The Balaban J connectivity index is 2.81. The highest BCUT2D eigenvalue weighted by atomic mass is 16.3. The number of fused-ring (bicyclic) bond motifs is 1. The smallest absolute Gasteiger partial charge is 0.113 e. The van der Waals surface area contributed by atoms with E-state index in [1.54, 1.807) is 6.92 Å². The molecule has 1 unspecified atom stereocenters. The lowest BCUT2D eigenvalue weighted by Crippen LogP contribution is -2.04. The van der Waals surface area contributed by atoms with Crippen LogP contribution in [-0.2, 0) is 0 Å². The van der Waals surface area contributed by atoms with Gasteiger partial charge in [-0.3, -0.25) is 4.98 Å². The maximum absolute atomic E-state index is 9.67. The minimum Gasteiger partial charge on any atom is -0.389 e. The molecule has 1 heterocycles. The maximum atomic E-state index is 9.67. The van der Waals surface area contributed by atoms with Gasteiger partial charge in [0.05, 0.1) is 11.6 Å². The molecule has 1 N–H and O–H groups in total. The molecule has 74 valence electrons. The van der Waals surface area contributed by atoms with Gasteiger partial charge in [-0.05, 0) is 31.5 Å². The van der Waals surface area contributed by atoms with Crippen LogP contribution in [0.5, 0.6) is 0 Å². The van der Waals surface area contributed by atoms with Crippen molar-refractivity contribution in [1.29, 1.82) is 0 Å². The lowest BCUT2D eigenvalue weighted by molar-refractivity contribution is 0.200. The highest BCUT2D eigenvalue weighted by Crippen LogP contribution is 2.22. The SMILES string of the molecule is [B]c1ccc2nc(C)cc(C(C)O)c2c1. The van der Waals surface area contributed by atoms with Gasteiger partial charge in [0.15, 0.2) is 0 Å². The second-order valence-electron chi connectivity index (χ2n) is 3.81. The van der Waals surface area contributed by atoms with Gasteiger partial charge in [-0.1, -0.05) is 17.6 Å². The van der Waals surface area contributed by atoms with E-state index in [0.29, 0.717) is 5.46 Å². The molecule has 1 aromatic heterocycles. The monoisotopic (exact) mass is 197 g/mol. The van der Waals surface area contributed by atoms with Crippen LogP contribution in [0.2, 0.25) is 0 Å². The summed E-state index contributed by atoms with van der Waals surface area (Å²) in [5.74, 6) is 0. The summed E-state index contributed by atoms with van der Waals surface area (Å²) >= 11 is 0. The number of pyridine rings is 1. The fourth-order valence-corrected chi connectivity index (χ4v) is 1.75. The van der Waals surface area contributed by atoms with E-state index in [2.05, 4.69) is 4.98 Å². The maximum Gasteiger partial charge on any atom is 0.113 e. The van der Waals surface area contributed by atoms with Crippen molar-refractivity contribution in [2.24, 2.45) is 0 Å². The van der Waals surface area contributed by atoms with Crippen molar-refractivity contribution < 1.29 is 5.11 Å². The number of hydrogen-bond acceptors (Lipinski definition) is 2. The first-order valence-electron chi connectivity index (χ1n) is 4.93. The van der Waals surface area contributed by atoms with Gasteiger partial charge in [-0.2, -0.15) is 0 Å². The number of benzene rings is 1. The Bertz CT molecular complexity index is 508. The summed E-state index contributed by atoms with van der Waals surface area (Å²) in [5, 5.41) is 10.6. The number of aliphatic hydroxyl groups excluding tert-OH is 1. The Morgan fingerprint density at radius 1 is 1.33 bits per heavy atom. The standard InChI is InChI=1S/C12H12BNO/c1-7-5-10(8(2)15)11-6-9(13)3-4-12(11)14-7/h3-6,8,15H,1-2H3. The summed E-state index contributed by atoms with van der Waals surface area (Å²) in [6.45, 7) is 3.67. The van der Waals surface area contributed by atoms with Crippen molar-refractivity contribution in [3.05, 3.63) is 35.5 Å². The molecule has 2 aromatic rings. The molecule has 0 aliphatic rings. The van der Waals surface area contributed by atoms with Crippen LogP contribution in [0.3, 0.4) is 0 Å². The molecule has 0 saturated carbocycles. The van der Waals surface area contributed by atoms with Gasteiger partial charge in [0, 0.05) is 11.1 Å². The largest absolute Gasteiger partial charge is 0.389 e. The molecule has 15 heavy (non-hydrogen) atoms. The molecule has 0 saturated heterocycles. The van der Waals surface area contributed by atoms with Crippen molar-refractivity contribution >= 4 is 24.2 Å². The number of hydrogen-bond donors (Lipinski definition) is 1.